The fraction of sp³-hybridized carbons (Fsp3) is 0.667. The van der Waals surface area contributed by atoms with E-state index in [1.54, 1.807) is 0 Å². The number of fused-ring (bicyclic) bond motifs is 1. The fourth-order valence-electron chi connectivity index (χ4n) is 1.88. The molecular weight excluding hydrogens is 202 g/mol. The molecule has 0 bridgehead atoms. The van der Waals surface area contributed by atoms with Crippen molar-refractivity contribution >= 4 is 12.4 Å². The van der Waals surface area contributed by atoms with Gasteiger partial charge >= 0.3 is 0 Å². The monoisotopic (exact) mass is 217 g/mol. The Bertz CT molecular complexity index is 283. The maximum Gasteiger partial charge on any atom is 0.0926 e. The highest BCUT2D eigenvalue weighted by Crippen LogP contribution is 2.18. The first-order valence-corrected chi connectivity index (χ1v) is 4.75. The molecule has 2 N–H and O–H groups in total. The van der Waals surface area contributed by atoms with Crippen LogP contribution in [0.3, 0.4) is 0 Å². The van der Waals surface area contributed by atoms with Gasteiger partial charge in [0, 0.05) is 37.3 Å². The Hall–Kier alpha value is -0.580. The van der Waals surface area contributed by atoms with Crippen LogP contribution in [-0.4, -0.2) is 21.4 Å². The molecule has 0 amide bonds. The minimum Gasteiger partial charge on any atom is -0.390 e. The van der Waals surface area contributed by atoms with E-state index in [-0.39, 0.29) is 19.0 Å². The van der Waals surface area contributed by atoms with Gasteiger partial charge in [-0.05, 0) is 6.92 Å². The number of halogens is 1. The number of aromatic nitrogens is 2. The predicted octanol–water partition coefficient (Wildman–Crippen LogP) is 0.463. The summed E-state index contributed by atoms with van der Waals surface area (Å²) in [5, 5.41) is 16.7. The topological polar surface area (TPSA) is 50.1 Å². The van der Waals surface area contributed by atoms with Gasteiger partial charge in [-0.15, -0.1) is 12.4 Å². The molecule has 0 saturated carbocycles. The summed E-state index contributed by atoms with van der Waals surface area (Å²) in [5.41, 5.74) is 3.34. The molecule has 0 atom stereocenters. The van der Waals surface area contributed by atoms with Crippen molar-refractivity contribution in [1.82, 2.24) is 15.1 Å². The van der Waals surface area contributed by atoms with Gasteiger partial charge in [0.15, 0.2) is 0 Å². The van der Waals surface area contributed by atoms with Crippen molar-refractivity contribution in [3.8, 4) is 0 Å². The van der Waals surface area contributed by atoms with Crippen LogP contribution < -0.4 is 5.32 Å². The summed E-state index contributed by atoms with van der Waals surface area (Å²) in [6, 6.07) is 0. The highest BCUT2D eigenvalue weighted by molar-refractivity contribution is 5.85. The Balaban J connectivity index is 0.000000980. The Kier molecular flexibility index (Phi) is 3.92. The van der Waals surface area contributed by atoms with Crippen molar-refractivity contribution in [2.24, 2.45) is 0 Å². The van der Waals surface area contributed by atoms with E-state index in [1.165, 1.54) is 11.3 Å². The van der Waals surface area contributed by atoms with Crippen LogP contribution in [0.2, 0.25) is 0 Å². The number of hydrogen-bond donors (Lipinski definition) is 2. The first-order chi connectivity index (χ1) is 6.36. The highest BCUT2D eigenvalue weighted by atomic mass is 35.5. The quantitative estimate of drug-likeness (QED) is 0.757. The average molecular weight is 218 g/mol. The molecule has 0 aliphatic carbocycles. The molecule has 0 radical (unpaired) electrons. The molecule has 1 aromatic rings. The lowest BCUT2D eigenvalue weighted by Gasteiger charge is -2.14. The van der Waals surface area contributed by atoms with E-state index in [9.17, 15) is 0 Å². The second-order valence-electron chi connectivity index (χ2n) is 3.27. The van der Waals surface area contributed by atoms with Gasteiger partial charge in [-0.25, -0.2) is 0 Å². The molecule has 1 aliphatic heterocycles. The number of aliphatic hydroxyl groups is 1. The van der Waals surface area contributed by atoms with Crippen LogP contribution in [0.1, 0.15) is 23.9 Å². The van der Waals surface area contributed by atoms with Gasteiger partial charge in [-0.1, -0.05) is 0 Å². The SMILES string of the molecule is CCn1nc(CO)c2c1CCNC2.Cl. The molecule has 1 aliphatic rings. The fourth-order valence-corrected chi connectivity index (χ4v) is 1.88. The summed E-state index contributed by atoms with van der Waals surface area (Å²) in [6.45, 7) is 4.89. The normalized spacial score (nSPS) is 14.7. The number of aryl methyl sites for hydroxylation is 1. The molecule has 1 aromatic heterocycles. The van der Waals surface area contributed by atoms with Crippen molar-refractivity contribution in [2.45, 2.75) is 33.0 Å². The van der Waals surface area contributed by atoms with Crippen LogP contribution in [0, 0.1) is 0 Å². The van der Waals surface area contributed by atoms with Crippen LogP contribution in [0.15, 0.2) is 0 Å². The maximum absolute atomic E-state index is 9.10. The molecule has 5 heteroatoms. The molecule has 4 nitrogen and oxygen atoms in total. The molecule has 0 saturated heterocycles. The van der Waals surface area contributed by atoms with Gasteiger partial charge < -0.3 is 10.4 Å². The minimum atomic E-state index is 0. The van der Waals surface area contributed by atoms with E-state index < -0.39 is 0 Å². The number of aliphatic hydroxyl groups excluding tert-OH is 1. The van der Waals surface area contributed by atoms with E-state index in [1.807, 2.05) is 4.68 Å². The van der Waals surface area contributed by atoms with Crippen LogP contribution in [0.4, 0.5) is 0 Å². The Morgan fingerprint density at radius 1 is 1.57 bits per heavy atom. The van der Waals surface area contributed by atoms with Crippen LogP contribution in [0.25, 0.3) is 0 Å². The van der Waals surface area contributed by atoms with E-state index in [0.29, 0.717) is 0 Å². The maximum atomic E-state index is 9.10. The van der Waals surface area contributed by atoms with Crippen molar-refractivity contribution in [2.75, 3.05) is 6.54 Å². The second kappa shape index (κ2) is 4.77. The third-order valence-electron chi connectivity index (χ3n) is 2.54. The third-order valence-corrected chi connectivity index (χ3v) is 2.54. The van der Waals surface area contributed by atoms with Crippen molar-refractivity contribution in [1.29, 1.82) is 0 Å². The van der Waals surface area contributed by atoms with Gasteiger partial charge in [0.05, 0.1) is 12.3 Å². The molecule has 0 spiro atoms. The van der Waals surface area contributed by atoms with Gasteiger partial charge in [0.1, 0.15) is 0 Å². The summed E-state index contributed by atoms with van der Waals surface area (Å²) >= 11 is 0. The average Bonchev–Trinajstić information content (AvgIpc) is 2.56. The van der Waals surface area contributed by atoms with Crippen LogP contribution in [-0.2, 0) is 26.1 Å². The van der Waals surface area contributed by atoms with Crippen LogP contribution in [0.5, 0.6) is 0 Å². The summed E-state index contributed by atoms with van der Waals surface area (Å²) in [4.78, 5) is 0. The molecular formula is C9H16ClN3O. The first kappa shape index (κ1) is 11.5. The van der Waals surface area contributed by atoms with E-state index in [2.05, 4.69) is 17.3 Å². The smallest absolute Gasteiger partial charge is 0.0926 e. The second-order valence-corrected chi connectivity index (χ2v) is 3.27. The van der Waals surface area contributed by atoms with Gasteiger partial charge in [-0.2, -0.15) is 5.10 Å². The highest BCUT2D eigenvalue weighted by Gasteiger charge is 2.18. The van der Waals surface area contributed by atoms with E-state index in [4.69, 9.17) is 5.11 Å². The first-order valence-electron chi connectivity index (χ1n) is 4.75. The Labute approximate surface area is 89.7 Å². The lowest BCUT2D eigenvalue weighted by molar-refractivity contribution is 0.274. The van der Waals surface area contributed by atoms with E-state index in [0.717, 1.165) is 31.7 Å². The molecule has 0 unspecified atom stereocenters. The molecule has 0 fully saturated rings. The molecule has 14 heavy (non-hydrogen) atoms. The molecule has 2 heterocycles. The molecule has 2 rings (SSSR count). The molecule has 80 valence electrons. The van der Waals surface area contributed by atoms with Gasteiger partial charge in [-0.3, -0.25) is 4.68 Å². The Morgan fingerprint density at radius 3 is 3.00 bits per heavy atom. The number of rotatable bonds is 2. The lowest BCUT2D eigenvalue weighted by atomic mass is 10.1. The van der Waals surface area contributed by atoms with Crippen molar-refractivity contribution in [3.05, 3.63) is 17.0 Å². The molecule has 0 aromatic carbocycles. The largest absolute Gasteiger partial charge is 0.390 e. The van der Waals surface area contributed by atoms with E-state index >= 15 is 0 Å². The van der Waals surface area contributed by atoms with Crippen LogP contribution >= 0.6 is 12.4 Å². The number of hydrogen-bond acceptors (Lipinski definition) is 3. The zero-order valence-electron chi connectivity index (χ0n) is 8.29. The lowest BCUT2D eigenvalue weighted by Crippen LogP contribution is -2.25. The zero-order valence-corrected chi connectivity index (χ0v) is 9.10. The van der Waals surface area contributed by atoms with Gasteiger partial charge in [0.2, 0.25) is 0 Å². The summed E-state index contributed by atoms with van der Waals surface area (Å²) in [5.74, 6) is 0. The van der Waals surface area contributed by atoms with Crippen molar-refractivity contribution < 1.29 is 5.11 Å². The number of nitrogens with zero attached hydrogens (tertiary/aromatic N) is 2. The third kappa shape index (κ3) is 1.78. The summed E-state index contributed by atoms with van der Waals surface area (Å²) < 4.78 is 2.00. The Morgan fingerprint density at radius 2 is 2.36 bits per heavy atom. The standard InChI is InChI=1S/C9H15N3O.ClH/c1-2-12-9-3-4-10-5-7(9)8(6-13)11-12;/h10,13H,2-6H2,1H3;1H. The summed E-state index contributed by atoms with van der Waals surface area (Å²) in [7, 11) is 0. The predicted molar refractivity (Wildman–Crippen MR) is 56.5 cm³/mol. The van der Waals surface area contributed by atoms with Crippen molar-refractivity contribution in [3.63, 3.8) is 0 Å². The minimum absolute atomic E-state index is 0. The number of nitrogens with one attached hydrogen (secondary N) is 1. The van der Waals surface area contributed by atoms with Gasteiger partial charge in [0.25, 0.3) is 0 Å². The summed E-state index contributed by atoms with van der Waals surface area (Å²) in [6.07, 6.45) is 1.02. The zero-order chi connectivity index (χ0) is 9.26.